The summed E-state index contributed by atoms with van der Waals surface area (Å²) in [6.45, 7) is 0.203. The lowest BCUT2D eigenvalue weighted by Gasteiger charge is -2.11. The molecule has 20 heavy (non-hydrogen) atoms. The molecule has 0 fully saturated rings. The number of hydrogen-bond donors (Lipinski definition) is 2. The Morgan fingerprint density at radius 2 is 1.95 bits per heavy atom. The normalized spacial score (nSPS) is 12.2. The lowest BCUT2D eigenvalue weighted by Crippen LogP contribution is -2.12. The van der Waals surface area contributed by atoms with Crippen molar-refractivity contribution in [3.63, 3.8) is 0 Å². The number of halogens is 1. The van der Waals surface area contributed by atoms with Crippen molar-refractivity contribution >= 4 is 17.4 Å². The summed E-state index contributed by atoms with van der Waals surface area (Å²) in [5, 5.41) is 8.05. The van der Waals surface area contributed by atoms with Gasteiger partial charge in [0, 0.05) is 17.2 Å². The summed E-state index contributed by atoms with van der Waals surface area (Å²) in [6, 6.07) is 10.1. The molecule has 3 N–H and O–H groups in total. The van der Waals surface area contributed by atoms with Gasteiger partial charge in [-0.05, 0) is 24.3 Å². The summed E-state index contributed by atoms with van der Waals surface area (Å²) in [7, 11) is 0. The van der Waals surface area contributed by atoms with E-state index in [2.05, 4.69) is 0 Å². The van der Waals surface area contributed by atoms with Gasteiger partial charge in [-0.1, -0.05) is 11.6 Å². The fourth-order valence-corrected chi connectivity index (χ4v) is 2.03. The Morgan fingerprint density at radius 3 is 2.75 bits per heavy atom. The van der Waals surface area contributed by atoms with Gasteiger partial charge in [-0.15, -0.1) is 0 Å². The lowest BCUT2D eigenvalue weighted by atomic mass is 10.2. The van der Waals surface area contributed by atoms with Gasteiger partial charge in [-0.25, -0.2) is 0 Å². The Bertz CT molecular complexity index is 688. The van der Waals surface area contributed by atoms with E-state index in [1.807, 2.05) is 0 Å². The van der Waals surface area contributed by atoms with Gasteiger partial charge in [-0.2, -0.15) is 0 Å². The van der Waals surface area contributed by atoms with E-state index < -0.39 is 0 Å². The Kier molecular flexibility index (Phi) is 3.12. The Morgan fingerprint density at radius 1 is 1.15 bits per heavy atom. The van der Waals surface area contributed by atoms with E-state index >= 15 is 0 Å². The molecular formula is C14H11ClN2O3. The highest BCUT2D eigenvalue weighted by Crippen LogP contribution is 2.37. The number of ether oxygens (including phenoxy) is 3. The second-order valence-electron chi connectivity index (χ2n) is 4.17. The van der Waals surface area contributed by atoms with E-state index in [0.29, 0.717) is 33.6 Å². The van der Waals surface area contributed by atoms with Crippen LogP contribution in [0.15, 0.2) is 36.4 Å². The molecule has 2 aromatic carbocycles. The SMILES string of the molecule is N=C(N)c1ccc(Cl)cc1Oc1ccc2c(c1)OCO2. The summed E-state index contributed by atoms with van der Waals surface area (Å²) in [4.78, 5) is 0. The van der Waals surface area contributed by atoms with Gasteiger partial charge in [0.1, 0.15) is 17.3 Å². The number of hydrogen-bond acceptors (Lipinski definition) is 4. The minimum Gasteiger partial charge on any atom is -0.456 e. The van der Waals surface area contributed by atoms with Crippen LogP contribution in [-0.4, -0.2) is 12.6 Å². The highest BCUT2D eigenvalue weighted by atomic mass is 35.5. The van der Waals surface area contributed by atoms with Crippen LogP contribution in [0, 0.1) is 5.41 Å². The van der Waals surface area contributed by atoms with Crippen LogP contribution in [0.5, 0.6) is 23.0 Å². The molecule has 1 heterocycles. The first kappa shape index (κ1) is 12.6. The molecule has 0 aromatic heterocycles. The van der Waals surface area contributed by atoms with E-state index in [1.54, 1.807) is 36.4 Å². The zero-order chi connectivity index (χ0) is 14.1. The molecule has 0 spiro atoms. The van der Waals surface area contributed by atoms with E-state index in [0.717, 1.165) is 0 Å². The Balaban J connectivity index is 1.95. The third kappa shape index (κ3) is 2.35. The number of amidine groups is 1. The van der Waals surface area contributed by atoms with Crippen LogP contribution in [0.3, 0.4) is 0 Å². The van der Waals surface area contributed by atoms with Gasteiger partial charge in [0.05, 0.1) is 5.56 Å². The lowest BCUT2D eigenvalue weighted by molar-refractivity contribution is 0.174. The average Bonchev–Trinajstić information content (AvgIpc) is 2.85. The maximum absolute atomic E-state index is 7.55. The van der Waals surface area contributed by atoms with Crippen molar-refractivity contribution < 1.29 is 14.2 Å². The van der Waals surface area contributed by atoms with Gasteiger partial charge in [0.25, 0.3) is 0 Å². The summed E-state index contributed by atoms with van der Waals surface area (Å²) in [6.07, 6.45) is 0. The van der Waals surface area contributed by atoms with Crippen molar-refractivity contribution in [1.29, 1.82) is 5.41 Å². The molecule has 6 heteroatoms. The van der Waals surface area contributed by atoms with Crippen LogP contribution >= 0.6 is 11.6 Å². The molecule has 1 aliphatic rings. The molecule has 0 aliphatic carbocycles. The molecule has 0 saturated heterocycles. The van der Waals surface area contributed by atoms with Crippen molar-refractivity contribution in [2.45, 2.75) is 0 Å². The first-order valence-electron chi connectivity index (χ1n) is 5.85. The van der Waals surface area contributed by atoms with E-state index in [4.69, 9.17) is 37.0 Å². The Labute approximate surface area is 120 Å². The number of nitrogens with two attached hydrogens (primary N) is 1. The summed E-state index contributed by atoms with van der Waals surface area (Å²) >= 11 is 5.95. The summed E-state index contributed by atoms with van der Waals surface area (Å²) in [5.41, 5.74) is 6.00. The number of fused-ring (bicyclic) bond motifs is 1. The monoisotopic (exact) mass is 290 g/mol. The molecule has 0 unspecified atom stereocenters. The molecule has 1 aliphatic heterocycles. The minimum absolute atomic E-state index is 0.0857. The molecule has 0 bridgehead atoms. The number of nitrogen functional groups attached to an aromatic ring is 1. The molecule has 2 aromatic rings. The molecular weight excluding hydrogens is 280 g/mol. The standard InChI is InChI=1S/C14H11ClN2O3/c15-8-1-3-10(14(16)17)12(5-8)20-9-2-4-11-13(6-9)19-7-18-11/h1-6H,7H2,(H3,16,17). The van der Waals surface area contributed by atoms with Crippen molar-refractivity contribution in [1.82, 2.24) is 0 Å². The number of rotatable bonds is 3. The van der Waals surface area contributed by atoms with Gasteiger partial charge in [-0.3, -0.25) is 5.41 Å². The van der Waals surface area contributed by atoms with Gasteiger partial charge in [0.15, 0.2) is 11.5 Å². The summed E-state index contributed by atoms with van der Waals surface area (Å²) < 4.78 is 16.3. The van der Waals surface area contributed by atoms with Gasteiger partial charge >= 0.3 is 0 Å². The highest BCUT2D eigenvalue weighted by Gasteiger charge is 2.15. The zero-order valence-electron chi connectivity index (χ0n) is 10.4. The highest BCUT2D eigenvalue weighted by molar-refractivity contribution is 6.30. The van der Waals surface area contributed by atoms with Gasteiger partial charge < -0.3 is 19.9 Å². The largest absolute Gasteiger partial charge is 0.456 e. The van der Waals surface area contributed by atoms with Crippen molar-refractivity contribution in [2.24, 2.45) is 5.73 Å². The van der Waals surface area contributed by atoms with Crippen LogP contribution in [0.2, 0.25) is 5.02 Å². The van der Waals surface area contributed by atoms with Gasteiger partial charge in [0.2, 0.25) is 6.79 Å². The Hall–Kier alpha value is -2.40. The van der Waals surface area contributed by atoms with Crippen LogP contribution in [0.25, 0.3) is 0 Å². The molecule has 0 radical (unpaired) electrons. The van der Waals surface area contributed by atoms with Crippen molar-refractivity contribution in [3.8, 4) is 23.0 Å². The number of benzene rings is 2. The predicted octanol–water partition coefficient (Wildman–Crippen LogP) is 3.15. The van der Waals surface area contributed by atoms with E-state index in [-0.39, 0.29) is 12.6 Å². The fraction of sp³-hybridized carbons (Fsp3) is 0.0714. The first-order chi connectivity index (χ1) is 9.63. The maximum Gasteiger partial charge on any atom is 0.231 e. The smallest absolute Gasteiger partial charge is 0.231 e. The maximum atomic E-state index is 7.55. The second-order valence-corrected chi connectivity index (χ2v) is 4.61. The van der Waals surface area contributed by atoms with Crippen molar-refractivity contribution in [2.75, 3.05) is 6.79 Å². The zero-order valence-corrected chi connectivity index (χ0v) is 11.1. The predicted molar refractivity (Wildman–Crippen MR) is 75.1 cm³/mol. The van der Waals surface area contributed by atoms with E-state index in [9.17, 15) is 0 Å². The molecule has 3 rings (SSSR count). The van der Waals surface area contributed by atoms with E-state index in [1.165, 1.54) is 0 Å². The molecule has 0 atom stereocenters. The molecule has 5 nitrogen and oxygen atoms in total. The molecule has 102 valence electrons. The molecule has 0 amide bonds. The van der Waals surface area contributed by atoms with Crippen LogP contribution in [0.4, 0.5) is 0 Å². The van der Waals surface area contributed by atoms with Crippen LogP contribution in [0.1, 0.15) is 5.56 Å². The number of nitrogens with one attached hydrogen (secondary N) is 1. The quantitative estimate of drug-likeness (QED) is 0.672. The van der Waals surface area contributed by atoms with Crippen LogP contribution < -0.4 is 19.9 Å². The van der Waals surface area contributed by atoms with Crippen LogP contribution in [-0.2, 0) is 0 Å². The minimum atomic E-state index is -0.0857. The summed E-state index contributed by atoms with van der Waals surface area (Å²) in [5.74, 6) is 2.18. The average molecular weight is 291 g/mol. The third-order valence-electron chi connectivity index (χ3n) is 2.81. The molecule has 0 saturated carbocycles. The fourth-order valence-electron chi connectivity index (χ4n) is 1.87. The van der Waals surface area contributed by atoms with Crippen molar-refractivity contribution in [3.05, 3.63) is 47.0 Å². The first-order valence-corrected chi connectivity index (χ1v) is 6.23. The second kappa shape index (κ2) is 4.94. The third-order valence-corrected chi connectivity index (χ3v) is 3.04. The topological polar surface area (TPSA) is 77.6 Å².